The molecule has 0 amide bonds. The molecule has 4 nitrogen and oxygen atoms in total. The molecule has 0 aliphatic carbocycles. The van der Waals surface area contributed by atoms with Gasteiger partial charge in [0.25, 0.3) is 0 Å². The fourth-order valence-electron chi connectivity index (χ4n) is 1.09. The number of nitriles is 1. The van der Waals surface area contributed by atoms with E-state index in [-0.39, 0.29) is 0 Å². The molecule has 1 heterocycles. The molecule has 0 spiro atoms. The van der Waals surface area contributed by atoms with Crippen molar-refractivity contribution in [2.45, 2.75) is 12.2 Å². The van der Waals surface area contributed by atoms with Gasteiger partial charge in [-0.05, 0) is 6.92 Å². The summed E-state index contributed by atoms with van der Waals surface area (Å²) in [4.78, 5) is 0. The summed E-state index contributed by atoms with van der Waals surface area (Å²) >= 11 is 1.75. The number of nitrogens with zero attached hydrogens (tertiary/aromatic N) is 2. The third-order valence-corrected chi connectivity index (χ3v) is 4.98. The largest absolute Gasteiger partial charge is 0.230 e. The second-order valence-corrected chi connectivity index (χ2v) is 6.31. The highest BCUT2D eigenvalue weighted by atomic mass is 32.2. The standard InChI is InChI=1S/C7H12N2O2S2/c1-7(6-8)13(10,11)9-2-4-12-5-3-9/h7H,2-5H2,1H3. The van der Waals surface area contributed by atoms with Crippen LogP contribution in [0.15, 0.2) is 0 Å². The molecule has 1 rings (SSSR count). The average Bonchev–Trinajstić information content (AvgIpc) is 2.18. The molecule has 13 heavy (non-hydrogen) atoms. The van der Waals surface area contributed by atoms with Gasteiger partial charge >= 0.3 is 0 Å². The lowest BCUT2D eigenvalue weighted by molar-refractivity contribution is 0.440. The zero-order valence-corrected chi connectivity index (χ0v) is 9.07. The van der Waals surface area contributed by atoms with Crippen LogP contribution in [0.3, 0.4) is 0 Å². The zero-order valence-electron chi connectivity index (χ0n) is 7.43. The molecule has 1 atom stereocenters. The molecule has 1 unspecified atom stereocenters. The first kappa shape index (κ1) is 10.8. The first-order chi connectivity index (χ1) is 6.09. The van der Waals surface area contributed by atoms with Gasteiger partial charge in [0.05, 0.1) is 6.07 Å². The zero-order chi connectivity index (χ0) is 9.90. The van der Waals surface area contributed by atoms with Gasteiger partial charge in [-0.15, -0.1) is 0 Å². The molecular formula is C7H12N2O2S2. The van der Waals surface area contributed by atoms with E-state index in [9.17, 15) is 8.42 Å². The van der Waals surface area contributed by atoms with E-state index in [0.717, 1.165) is 11.5 Å². The Kier molecular flexibility index (Phi) is 3.59. The van der Waals surface area contributed by atoms with Gasteiger partial charge in [-0.25, -0.2) is 8.42 Å². The summed E-state index contributed by atoms with van der Waals surface area (Å²) in [7, 11) is -3.35. The molecule has 0 N–H and O–H groups in total. The van der Waals surface area contributed by atoms with Crippen LogP contribution in [0.4, 0.5) is 0 Å². The summed E-state index contributed by atoms with van der Waals surface area (Å²) in [6.45, 7) is 2.51. The van der Waals surface area contributed by atoms with Gasteiger partial charge in [-0.1, -0.05) is 0 Å². The van der Waals surface area contributed by atoms with Gasteiger partial charge in [-0.3, -0.25) is 0 Å². The summed E-state index contributed by atoms with van der Waals surface area (Å²) in [6, 6.07) is 1.77. The van der Waals surface area contributed by atoms with Crippen molar-refractivity contribution >= 4 is 21.8 Å². The molecule has 0 aromatic rings. The van der Waals surface area contributed by atoms with E-state index < -0.39 is 15.3 Å². The Balaban J connectivity index is 2.75. The lowest BCUT2D eigenvalue weighted by Crippen LogP contribution is -2.42. The highest BCUT2D eigenvalue weighted by Crippen LogP contribution is 2.15. The van der Waals surface area contributed by atoms with Crippen molar-refractivity contribution in [3.63, 3.8) is 0 Å². The maximum absolute atomic E-state index is 11.6. The predicted octanol–water partition coefficient (Wildman–Crippen LogP) is 0.277. The first-order valence-corrected chi connectivity index (χ1v) is 6.71. The fourth-order valence-corrected chi connectivity index (χ4v) is 3.50. The van der Waals surface area contributed by atoms with Gasteiger partial charge < -0.3 is 0 Å². The summed E-state index contributed by atoms with van der Waals surface area (Å²) in [5.41, 5.74) is 0. The van der Waals surface area contributed by atoms with Crippen molar-refractivity contribution in [2.75, 3.05) is 24.6 Å². The summed E-state index contributed by atoms with van der Waals surface area (Å²) in [6.07, 6.45) is 0. The number of hydrogen-bond donors (Lipinski definition) is 0. The van der Waals surface area contributed by atoms with Gasteiger partial charge in [0.15, 0.2) is 5.25 Å². The molecule has 0 saturated carbocycles. The van der Waals surface area contributed by atoms with E-state index >= 15 is 0 Å². The maximum Gasteiger partial charge on any atom is 0.230 e. The smallest absolute Gasteiger partial charge is 0.211 e. The second kappa shape index (κ2) is 4.31. The predicted molar refractivity (Wildman–Crippen MR) is 52.9 cm³/mol. The van der Waals surface area contributed by atoms with Gasteiger partial charge in [0.1, 0.15) is 0 Å². The van der Waals surface area contributed by atoms with Crippen molar-refractivity contribution in [1.29, 1.82) is 5.26 Å². The molecule has 0 aromatic carbocycles. The van der Waals surface area contributed by atoms with Crippen LogP contribution in [0.25, 0.3) is 0 Å². The van der Waals surface area contributed by atoms with E-state index in [1.165, 1.54) is 11.2 Å². The van der Waals surface area contributed by atoms with E-state index in [1.807, 2.05) is 0 Å². The van der Waals surface area contributed by atoms with Crippen LogP contribution < -0.4 is 0 Å². The van der Waals surface area contributed by atoms with Crippen LogP contribution in [0, 0.1) is 11.3 Å². The third kappa shape index (κ3) is 2.36. The highest BCUT2D eigenvalue weighted by molar-refractivity contribution is 7.99. The van der Waals surface area contributed by atoms with E-state index in [1.54, 1.807) is 17.8 Å². The minimum Gasteiger partial charge on any atom is -0.211 e. The topological polar surface area (TPSA) is 61.2 Å². The minimum atomic E-state index is -3.35. The van der Waals surface area contributed by atoms with Crippen molar-refractivity contribution in [3.8, 4) is 6.07 Å². The Morgan fingerprint density at radius 2 is 2.00 bits per heavy atom. The van der Waals surface area contributed by atoms with Crippen LogP contribution in [-0.2, 0) is 10.0 Å². The Hall–Kier alpha value is -0.250. The molecule has 0 radical (unpaired) electrons. The Bertz CT molecular complexity index is 301. The summed E-state index contributed by atoms with van der Waals surface area (Å²) in [5.74, 6) is 1.66. The molecule has 6 heteroatoms. The van der Waals surface area contributed by atoms with E-state index in [2.05, 4.69) is 0 Å². The third-order valence-electron chi connectivity index (χ3n) is 1.96. The fraction of sp³-hybridized carbons (Fsp3) is 0.857. The van der Waals surface area contributed by atoms with Crippen LogP contribution in [0.2, 0.25) is 0 Å². The molecule has 1 aliphatic rings. The lowest BCUT2D eigenvalue weighted by atomic mass is 10.5. The molecule has 0 bridgehead atoms. The van der Waals surface area contributed by atoms with Gasteiger partial charge in [-0.2, -0.15) is 21.3 Å². The van der Waals surface area contributed by atoms with Gasteiger partial charge in [0.2, 0.25) is 10.0 Å². The highest BCUT2D eigenvalue weighted by Gasteiger charge is 2.29. The monoisotopic (exact) mass is 220 g/mol. The SMILES string of the molecule is CC(C#N)S(=O)(=O)N1CCSCC1. The molecule has 74 valence electrons. The minimum absolute atomic E-state index is 0.541. The molecule has 1 aliphatic heterocycles. The number of hydrogen-bond acceptors (Lipinski definition) is 4. The Morgan fingerprint density at radius 3 is 2.46 bits per heavy atom. The first-order valence-electron chi connectivity index (χ1n) is 4.05. The lowest BCUT2D eigenvalue weighted by Gasteiger charge is -2.26. The molecular weight excluding hydrogens is 208 g/mol. The number of thioether (sulfide) groups is 1. The van der Waals surface area contributed by atoms with Crippen molar-refractivity contribution in [1.82, 2.24) is 4.31 Å². The average molecular weight is 220 g/mol. The summed E-state index contributed by atoms with van der Waals surface area (Å²) in [5, 5.41) is 7.62. The van der Waals surface area contributed by atoms with Crippen molar-refractivity contribution < 1.29 is 8.42 Å². The normalized spacial score (nSPS) is 22.2. The van der Waals surface area contributed by atoms with Crippen molar-refractivity contribution in [2.24, 2.45) is 0 Å². The van der Waals surface area contributed by atoms with Crippen molar-refractivity contribution in [3.05, 3.63) is 0 Å². The van der Waals surface area contributed by atoms with Crippen LogP contribution in [-0.4, -0.2) is 42.6 Å². The number of sulfonamides is 1. The number of rotatable bonds is 2. The van der Waals surface area contributed by atoms with Crippen LogP contribution >= 0.6 is 11.8 Å². The second-order valence-electron chi connectivity index (χ2n) is 2.83. The molecule has 0 aromatic heterocycles. The van der Waals surface area contributed by atoms with Crippen LogP contribution in [0.5, 0.6) is 0 Å². The summed E-state index contributed by atoms with van der Waals surface area (Å²) < 4.78 is 24.6. The Morgan fingerprint density at radius 1 is 1.46 bits per heavy atom. The molecule has 1 fully saturated rings. The maximum atomic E-state index is 11.6. The van der Waals surface area contributed by atoms with Crippen LogP contribution in [0.1, 0.15) is 6.92 Å². The van der Waals surface area contributed by atoms with Gasteiger partial charge in [0, 0.05) is 24.6 Å². The van der Waals surface area contributed by atoms with E-state index in [0.29, 0.717) is 13.1 Å². The van der Waals surface area contributed by atoms with E-state index in [4.69, 9.17) is 5.26 Å². The quantitative estimate of drug-likeness (QED) is 0.670. The Labute approximate surface area is 83.0 Å². The molecule has 1 saturated heterocycles.